The highest BCUT2D eigenvalue weighted by atomic mass is 16.3. The number of hydrogen-bond donors (Lipinski definition) is 1. The summed E-state index contributed by atoms with van der Waals surface area (Å²) in [7, 11) is 0. The Balaban J connectivity index is 2.80. The van der Waals surface area contributed by atoms with Crippen LogP contribution in [0.2, 0.25) is 0 Å². The van der Waals surface area contributed by atoms with E-state index in [4.69, 9.17) is 0 Å². The Morgan fingerprint density at radius 1 is 1.75 bits per heavy atom. The highest BCUT2D eigenvalue weighted by Crippen LogP contribution is 2.13. The molecule has 3 heteroatoms. The molecule has 0 aromatic carbocycles. The van der Waals surface area contributed by atoms with Gasteiger partial charge in [0.15, 0.2) is 0 Å². The van der Waals surface area contributed by atoms with Crippen molar-refractivity contribution in [1.82, 2.24) is 9.97 Å². The van der Waals surface area contributed by atoms with Crippen LogP contribution in [-0.4, -0.2) is 15.1 Å². The molecule has 1 atom stereocenters. The lowest BCUT2D eigenvalue weighted by Gasteiger charge is -2.06. The first kappa shape index (κ1) is 8.87. The highest BCUT2D eigenvalue weighted by Gasteiger charge is 2.06. The van der Waals surface area contributed by atoms with Gasteiger partial charge in [-0.25, -0.2) is 9.97 Å². The third kappa shape index (κ3) is 2.13. The van der Waals surface area contributed by atoms with Gasteiger partial charge in [0.2, 0.25) is 0 Å². The summed E-state index contributed by atoms with van der Waals surface area (Å²) in [4.78, 5) is 8.02. The van der Waals surface area contributed by atoms with E-state index in [1.165, 1.54) is 0 Å². The second-order valence-electron chi connectivity index (χ2n) is 2.57. The van der Waals surface area contributed by atoms with Crippen LogP contribution in [0.15, 0.2) is 24.9 Å². The average Bonchev–Trinajstić information content (AvgIpc) is 2.05. The van der Waals surface area contributed by atoms with E-state index in [1.807, 2.05) is 0 Å². The average molecular weight is 164 g/mol. The molecule has 1 unspecified atom stereocenters. The molecule has 0 aliphatic rings. The van der Waals surface area contributed by atoms with Crippen LogP contribution in [0, 0.1) is 6.92 Å². The van der Waals surface area contributed by atoms with E-state index in [0.29, 0.717) is 17.9 Å². The molecule has 0 amide bonds. The zero-order valence-electron chi connectivity index (χ0n) is 7.07. The Morgan fingerprint density at radius 2 is 2.50 bits per heavy atom. The summed E-state index contributed by atoms with van der Waals surface area (Å²) < 4.78 is 0. The molecule has 64 valence electrons. The third-order valence-corrected chi connectivity index (χ3v) is 1.53. The summed E-state index contributed by atoms with van der Waals surface area (Å²) >= 11 is 0. The first-order chi connectivity index (χ1) is 5.74. The van der Waals surface area contributed by atoms with Crippen molar-refractivity contribution in [3.05, 3.63) is 36.4 Å². The van der Waals surface area contributed by atoms with Gasteiger partial charge >= 0.3 is 0 Å². The van der Waals surface area contributed by atoms with E-state index in [-0.39, 0.29) is 0 Å². The maximum absolute atomic E-state index is 9.48. The predicted molar refractivity (Wildman–Crippen MR) is 46.5 cm³/mol. The van der Waals surface area contributed by atoms with Crippen molar-refractivity contribution in [2.75, 3.05) is 0 Å². The molecular formula is C9H12N2O. The number of aliphatic hydroxyl groups excluding tert-OH is 1. The summed E-state index contributed by atoms with van der Waals surface area (Å²) in [6.45, 7) is 5.34. The van der Waals surface area contributed by atoms with E-state index in [9.17, 15) is 5.11 Å². The number of aromatic nitrogens is 2. The van der Waals surface area contributed by atoms with Gasteiger partial charge in [-0.05, 0) is 19.4 Å². The van der Waals surface area contributed by atoms with Crippen molar-refractivity contribution in [3.8, 4) is 0 Å². The standard InChI is InChI=1S/C9H12N2O/c1-3-4-9(12)8-5-6-10-7(2)11-8/h3,5-6,9,12H,1,4H2,2H3. The van der Waals surface area contributed by atoms with Crippen molar-refractivity contribution in [2.24, 2.45) is 0 Å². The van der Waals surface area contributed by atoms with E-state index in [1.54, 1.807) is 25.3 Å². The summed E-state index contributed by atoms with van der Waals surface area (Å²) in [5.41, 5.74) is 0.655. The van der Waals surface area contributed by atoms with E-state index >= 15 is 0 Å². The van der Waals surface area contributed by atoms with Crippen LogP contribution >= 0.6 is 0 Å². The van der Waals surface area contributed by atoms with Crippen LogP contribution in [0.5, 0.6) is 0 Å². The Labute approximate surface area is 71.8 Å². The van der Waals surface area contributed by atoms with Gasteiger partial charge in [0.05, 0.1) is 11.8 Å². The van der Waals surface area contributed by atoms with Crippen LogP contribution in [0.4, 0.5) is 0 Å². The molecule has 3 nitrogen and oxygen atoms in total. The number of nitrogens with zero attached hydrogens (tertiary/aromatic N) is 2. The first-order valence-corrected chi connectivity index (χ1v) is 3.82. The lowest BCUT2D eigenvalue weighted by atomic mass is 10.2. The zero-order chi connectivity index (χ0) is 8.97. The van der Waals surface area contributed by atoms with Crippen molar-refractivity contribution in [3.63, 3.8) is 0 Å². The molecule has 0 radical (unpaired) electrons. The minimum Gasteiger partial charge on any atom is -0.386 e. The van der Waals surface area contributed by atoms with Crippen LogP contribution in [0.3, 0.4) is 0 Å². The quantitative estimate of drug-likeness (QED) is 0.687. The van der Waals surface area contributed by atoms with E-state index < -0.39 is 6.10 Å². The molecule has 1 aromatic rings. The minimum absolute atomic E-state index is 0.524. The molecule has 1 heterocycles. The normalized spacial score (nSPS) is 12.5. The Hall–Kier alpha value is -1.22. The smallest absolute Gasteiger partial charge is 0.125 e. The molecular weight excluding hydrogens is 152 g/mol. The monoisotopic (exact) mass is 164 g/mol. The van der Waals surface area contributed by atoms with Gasteiger partial charge in [0.1, 0.15) is 5.82 Å². The fourth-order valence-electron chi connectivity index (χ4n) is 0.939. The molecule has 0 aliphatic heterocycles. The van der Waals surface area contributed by atoms with Crippen LogP contribution in [0.1, 0.15) is 24.0 Å². The Morgan fingerprint density at radius 3 is 3.08 bits per heavy atom. The lowest BCUT2D eigenvalue weighted by molar-refractivity contribution is 0.176. The van der Waals surface area contributed by atoms with Gasteiger partial charge in [-0.2, -0.15) is 0 Å². The van der Waals surface area contributed by atoms with Crippen molar-refractivity contribution in [2.45, 2.75) is 19.4 Å². The molecule has 0 saturated heterocycles. The van der Waals surface area contributed by atoms with Crippen molar-refractivity contribution in [1.29, 1.82) is 0 Å². The Kier molecular flexibility index (Phi) is 2.94. The van der Waals surface area contributed by atoms with Gasteiger partial charge < -0.3 is 5.11 Å². The topological polar surface area (TPSA) is 46.0 Å². The minimum atomic E-state index is -0.552. The summed E-state index contributed by atoms with van der Waals surface area (Å²) in [5, 5.41) is 9.48. The number of rotatable bonds is 3. The molecule has 0 bridgehead atoms. The number of hydrogen-bond acceptors (Lipinski definition) is 3. The summed E-state index contributed by atoms with van der Waals surface area (Å²) in [6.07, 6.45) is 3.28. The highest BCUT2D eigenvalue weighted by molar-refractivity contribution is 5.05. The number of aliphatic hydroxyl groups is 1. The van der Waals surface area contributed by atoms with Crippen LogP contribution < -0.4 is 0 Å². The van der Waals surface area contributed by atoms with Gasteiger partial charge in [0.25, 0.3) is 0 Å². The van der Waals surface area contributed by atoms with Crippen molar-refractivity contribution < 1.29 is 5.11 Å². The Bertz CT molecular complexity index is 273. The zero-order valence-corrected chi connectivity index (χ0v) is 7.07. The second-order valence-corrected chi connectivity index (χ2v) is 2.57. The maximum atomic E-state index is 9.48. The molecule has 0 fully saturated rings. The van der Waals surface area contributed by atoms with Crippen LogP contribution in [-0.2, 0) is 0 Å². The molecule has 1 rings (SSSR count). The number of aryl methyl sites for hydroxylation is 1. The SMILES string of the molecule is C=CCC(O)c1ccnc(C)n1. The lowest BCUT2D eigenvalue weighted by Crippen LogP contribution is -2.01. The molecule has 0 spiro atoms. The van der Waals surface area contributed by atoms with E-state index in [2.05, 4.69) is 16.5 Å². The predicted octanol–water partition coefficient (Wildman–Crippen LogP) is 1.39. The fraction of sp³-hybridized carbons (Fsp3) is 0.333. The molecule has 12 heavy (non-hydrogen) atoms. The van der Waals surface area contributed by atoms with E-state index in [0.717, 1.165) is 0 Å². The fourth-order valence-corrected chi connectivity index (χ4v) is 0.939. The molecule has 1 aromatic heterocycles. The second kappa shape index (κ2) is 3.97. The van der Waals surface area contributed by atoms with Gasteiger partial charge in [0, 0.05) is 6.20 Å². The van der Waals surface area contributed by atoms with Gasteiger partial charge in [-0.1, -0.05) is 6.08 Å². The van der Waals surface area contributed by atoms with Crippen molar-refractivity contribution >= 4 is 0 Å². The van der Waals surface area contributed by atoms with Gasteiger partial charge in [-0.3, -0.25) is 0 Å². The molecule has 0 saturated carbocycles. The largest absolute Gasteiger partial charge is 0.386 e. The maximum Gasteiger partial charge on any atom is 0.125 e. The van der Waals surface area contributed by atoms with Gasteiger partial charge in [-0.15, -0.1) is 6.58 Å². The molecule has 0 aliphatic carbocycles. The summed E-state index contributed by atoms with van der Waals surface area (Å²) in [5.74, 6) is 0.676. The van der Waals surface area contributed by atoms with Crippen LogP contribution in [0.25, 0.3) is 0 Å². The third-order valence-electron chi connectivity index (χ3n) is 1.53. The molecule has 1 N–H and O–H groups in total. The first-order valence-electron chi connectivity index (χ1n) is 3.82. The summed E-state index contributed by atoms with van der Waals surface area (Å²) in [6, 6.07) is 1.71.